The Balaban J connectivity index is 2.59. The van der Waals surface area contributed by atoms with E-state index in [-0.39, 0.29) is 11.5 Å². The molecule has 0 aliphatic carbocycles. The average Bonchev–Trinajstić information content (AvgIpc) is 2.62. The fourth-order valence-corrected chi connectivity index (χ4v) is 1.91. The van der Waals surface area contributed by atoms with E-state index in [0.29, 0.717) is 5.46 Å². The third-order valence-corrected chi connectivity index (χ3v) is 2.70. The van der Waals surface area contributed by atoms with Crippen LogP contribution < -0.4 is 0 Å². The van der Waals surface area contributed by atoms with Crippen molar-refractivity contribution in [3.05, 3.63) is 29.5 Å². The van der Waals surface area contributed by atoms with Crippen molar-refractivity contribution in [1.29, 1.82) is 0 Å². The van der Waals surface area contributed by atoms with E-state index in [0.717, 1.165) is 4.88 Å². The van der Waals surface area contributed by atoms with E-state index in [2.05, 4.69) is 0 Å². The number of hydrogen-bond acceptors (Lipinski definition) is 3. The predicted molar refractivity (Wildman–Crippen MR) is 54.4 cm³/mol. The zero-order chi connectivity index (χ0) is 9.26. The van der Waals surface area contributed by atoms with Crippen LogP contribution in [0.15, 0.2) is 29.5 Å². The van der Waals surface area contributed by atoms with Crippen LogP contribution in [0.1, 0.15) is 0 Å². The molecule has 2 rings (SSSR count). The zero-order valence-corrected chi connectivity index (χ0v) is 7.58. The van der Waals surface area contributed by atoms with Gasteiger partial charge < -0.3 is 0 Å². The van der Waals surface area contributed by atoms with Crippen molar-refractivity contribution in [1.82, 2.24) is 0 Å². The van der Waals surface area contributed by atoms with Gasteiger partial charge in [0.05, 0.1) is 0 Å². The molecule has 2 aromatic rings. The van der Waals surface area contributed by atoms with Crippen molar-refractivity contribution in [2.24, 2.45) is 0 Å². The Morgan fingerprint density at radius 3 is 2.77 bits per heavy atom. The van der Waals surface area contributed by atoms with E-state index in [9.17, 15) is 10.2 Å². The Morgan fingerprint density at radius 1 is 1.23 bits per heavy atom. The summed E-state index contributed by atoms with van der Waals surface area (Å²) in [4.78, 5) is 0.952. The van der Waals surface area contributed by atoms with Gasteiger partial charge in [0, 0.05) is 0 Å². The van der Waals surface area contributed by atoms with Gasteiger partial charge in [-0.3, -0.25) is 0 Å². The molecule has 0 saturated heterocycles. The molecule has 0 amide bonds. The van der Waals surface area contributed by atoms with Gasteiger partial charge in [0.2, 0.25) is 0 Å². The standard InChI is InChI=1S/C9H7BO2S/c11-6-3-4-10-8(9(6)12)7-2-1-5-13-7/h1-5,11-12H. The zero-order valence-electron chi connectivity index (χ0n) is 6.77. The molecule has 0 aliphatic heterocycles. The van der Waals surface area contributed by atoms with E-state index >= 15 is 0 Å². The molecule has 0 aliphatic rings. The summed E-state index contributed by atoms with van der Waals surface area (Å²) in [6, 6.07) is 5.27. The topological polar surface area (TPSA) is 40.5 Å². The van der Waals surface area contributed by atoms with Gasteiger partial charge in [-0.05, 0) is 0 Å². The van der Waals surface area contributed by atoms with Crippen LogP contribution in [0.25, 0.3) is 10.3 Å². The summed E-state index contributed by atoms with van der Waals surface area (Å²) in [6.07, 6.45) is 0. The summed E-state index contributed by atoms with van der Waals surface area (Å²) in [7, 11) is 0. The molecular weight excluding hydrogens is 183 g/mol. The minimum absolute atomic E-state index is 0.0510. The number of rotatable bonds is 1. The van der Waals surface area contributed by atoms with Crippen LogP contribution >= 0.6 is 11.3 Å². The van der Waals surface area contributed by atoms with Gasteiger partial charge in [-0.25, -0.2) is 0 Å². The van der Waals surface area contributed by atoms with Crippen molar-refractivity contribution >= 4 is 18.2 Å². The molecular formula is C9H7BO2S. The molecule has 0 radical (unpaired) electrons. The predicted octanol–water partition coefficient (Wildman–Crippen LogP) is 2.16. The van der Waals surface area contributed by atoms with Crippen LogP contribution in [0.2, 0.25) is 0 Å². The van der Waals surface area contributed by atoms with Crippen LogP contribution in [-0.4, -0.2) is 17.1 Å². The van der Waals surface area contributed by atoms with Crippen molar-refractivity contribution in [2.45, 2.75) is 0 Å². The third-order valence-electron chi connectivity index (χ3n) is 1.80. The Kier molecular flexibility index (Phi) is 2.06. The second-order valence-corrected chi connectivity index (χ2v) is 3.60. The van der Waals surface area contributed by atoms with Gasteiger partial charge in [-0.1, -0.05) is 0 Å². The van der Waals surface area contributed by atoms with Crippen LogP contribution in [0.5, 0.6) is 11.5 Å². The molecule has 2 nitrogen and oxygen atoms in total. The van der Waals surface area contributed by atoms with Crippen LogP contribution in [0.4, 0.5) is 0 Å². The number of thiophene rings is 1. The molecule has 0 aromatic carbocycles. The molecule has 2 aromatic heterocycles. The first-order valence-electron chi connectivity index (χ1n) is 3.84. The van der Waals surface area contributed by atoms with Crippen molar-refractivity contribution in [2.75, 3.05) is 0 Å². The first kappa shape index (κ1) is 8.32. The molecule has 0 spiro atoms. The van der Waals surface area contributed by atoms with E-state index in [4.69, 9.17) is 0 Å². The molecule has 0 fully saturated rings. The van der Waals surface area contributed by atoms with Crippen molar-refractivity contribution < 1.29 is 10.2 Å². The van der Waals surface area contributed by atoms with Gasteiger partial charge in [-0.15, -0.1) is 0 Å². The van der Waals surface area contributed by atoms with Crippen molar-refractivity contribution in [3.8, 4) is 21.8 Å². The SMILES string of the molecule is Oc1ccbc(-c2cccs2)c1O. The monoisotopic (exact) mass is 190 g/mol. The van der Waals surface area contributed by atoms with Gasteiger partial charge >= 0.3 is 79.8 Å². The second-order valence-electron chi connectivity index (χ2n) is 2.65. The van der Waals surface area contributed by atoms with Crippen LogP contribution in [0, 0.1) is 0 Å². The normalized spacial score (nSPS) is 9.85. The van der Waals surface area contributed by atoms with Crippen LogP contribution in [0.3, 0.4) is 0 Å². The summed E-state index contributed by atoms with van der Waals surface area (Å²) in [6.45, 7) is 1.78. The Bertz CT molecular complexity index is 412. The molecule has 0 bridgehead atoms. The Labute approximate surface area is 80.3 Å². The molecule has 0 unspecified atom stereocenters. The summed E-state index contributed by atoms with van der Waals surface area (Å²) < 4.78 is 0. The molecule has 0 saturated carbocycles. The summed E-state index contributed by atoms with van der Waals surface area (Å²) in [5.41, 5.74) is 0.676. The van der Waals surface area contributed by atoms with E-state index in [1.54, 1.807) is 12.9 Å². The third kappa shape index (κ3) is 1.45. The number of hydrogen-bond donors (Lipinski definition) is 2. The fraction of sp³-hybridized carbons (Fsp3) is 0. The van der Waals surface area contributed by atoms with E-state index in [1.165, 1.54) is 17.4 Å². The molecule has 13 heavy (non-hydrogen) atoms. The summed E-state index contributed by atoms with van der Waals surface area (Å²) in [5, 5.41) is 20.7. The molecule has 2 N–H and O–H groups in total. The van der Waals surface area contributed by atoms with E-state index < -0.39 is 0 Å². The van der Waals surface area contributed by atoms with Gasteiger partial charge in [0.1, 0.15) is 0 Å². The number of aromatic hydroxyl groups is 2. The summed E-state index contributed by atoms with van der Waals surface area (Å²) >= 11 is 1.53. The van der Waals surface area contributed by atoms with Gasteiger partial charge in [0.25, 0.3) is 0 Å². The van der Waals surface area contributed by atoms with E-state index in [1.807, 2.05) is 17.5 Å². The Hall–Kier alpha value is -1.29. The molecule has 4 heteroatoms. The fourth-order valence-electron chi connectivity index (χ4n) is 1.16. The maximum absolute atomic E-state index is 9.53. The minimum atomic E-state index is -0.0779. The van der Waals surface area contributed by atoms with Crippen LogP contribution in [-0.2, 0) is 0 Å². The second kappa shape index (κ2) is 3.22. The molecule has 2 heterocycles. The maximum atomic E-state index is 9.53. The Morgan fingerprint density at radius 2 is 2.08 bits per heavy atom. The molecule has 0 atom stereocenters. The van der Waals surface area contributed by atoms with Crippen molar-refractivity contribution in [3.63, 3.8) is 0 Å². The average molecular weight is 190 g/mol. The summed E-state index contributed by atoms with van der Waals surface area (Å²) in [5.74, 6) is 1.58. The van der Waals surface area contributed by atoms with Gasteiger partial charge in [0.15, 0.2) is 0 Å². The van der Waals surface area contributed by atoms with Gasteiger partial charge in [-0.2, -0.15) is 0 Å². The quantitative estimate of drug-likeness (QED) is 0.723. The first-order valence-corrected chi connectivity index (χ1v) is 4.72. The molecule has 64 valence electrons. The first-order chi connectivity index (χ1) is 6.29.